The lowest BCUT2D eigenvalue weighted by Crippen LogP contribution is -2.43. The molecule has 0 aromatic heterocycles. The van der Waals surface area contributed by atoms with Gasteiger partial charge in [-0.2, -0.15) is 0 Å². The van der Waals surface area contributed by atoms with E-state index in [1.807, 2.05) is 0 Å². The lowest BCUT2D eigenvalue weighted by atomic mass is 9.99. The fourth-order valence-electron chi connectivity index (χ4n) is 2.03. The third-order valence-corrected chi connectivity index (χ3v) is 2.92. The molecule has 1 fully saturated rings. The molecule has 2 heteroatoms. The van der Waals surface area contributed by atoms with E-state index in [4.69, 9.17) is 0 Å². The quantitative estimate of drug-likeness (QED) is 0.666. The molecule has 1 saturated heterocycles. The lowest BCUT2D eigenvalue weighted by Gasteiger charge is -2.34. The highest BCUT2D eigenvalue weighted by Gasteiger charge is 2.24. The molecule has 1 atom stereocenters. The monoisotopic (exact) mass is 183 g/mol. The second-order valence-corrected chi connectivity index (χ2v) is 3.96. The lowest BCUT2D eigenvalue weighted by molar-refractivity contribution is -0.123. The molecule has 0 aromatic carbocycles. The third-order valence-electron chi connectivity index (χ3n) is 2.92. The minimum absolute atomic E-state index is 0.431. The van der Waals surface area contributed by atoms with Crippen molar-refractivity contribution in [3.05, 3.63) is 0 Å². The maximum atomic E-state index is 11.3. The van der Waals surface area contributed by atoms with Crippen LogP contribution in [0.2, 0.25) is 0 Å². The van der Waals surface area contributed by atoms with Crippen molar-refractivity contribution in [1.29, 1.82) is 0 Å². The average Bonchev–Trinajstić information content (AvgIpc) is 2.15. The predicted molar refractivity (Wildman–Crippen MR) is 54.8 cm³/mol. The van der Waals surface area contributed by atoms with E-state index in [0.717, 1.165) is 19.4 Å². The van der Waals surface area contributed by atoms with Gasteiger partial charge in [-0.05, 0) is 25.8 Å². The Morgan fingerprint density at radius 3 is 2.85 bits per heavy atom. The van der Waals surface area contributed by atoms with Crippen LogP contribution in [0.3, 0.4) is 0 Å². The van der Waals surface area contributed by atoms with Gasteiger partial charge in [0.2, 0.25) is 0 Å². The molecular formula is C11H21NO. The second-order valence-electron chi connectivity index (χ2n) is 3.96. The molecule has 1 rings (SSSR count). The standard InChI is InChI=1S/C11H21NO/c1-3-5-8-12-9-11(13)7-6-10(12)4-2/h10H,3-9H2,1-2H3. The highest BCUT2D eigenvalue weighted by Crippen LogP contribution is 2.17. The van der Waals surface area contributed by atoms with Crippen LogP contribution in [0.15, 0.2) is 0 Å². The molecule has 0 aliphatic carbocycles. The molecule has 1 aliphatic rings. The highest BCUT2D eigenvalue weighted by atomic mass is 16.1. The van der Waals surface area contributed by atoms with E-state index in [9.17, 15) is 4.79 Å². The summed E-state index contributed by atoms with van der Waals surface area (Å²) in [6.45, 7) is 6.24. The molecule has 0 spiro atoms. The molecule has 1 aliphatic heterocycles. The molecule has 1 unspecified atom stereocenters. The molecule has 13 heavy (non-hydrogen) atoms. The van der Waals surface area contributed by atoms with E-state index in [0.29, 0.717) is 18.4 Å². The first-order valence-electron chi connectivity index (χ1n) is 5.53. The van der Waals surface area contributed by atoms with Gasteiger partial charge in [0, 0.05) is 12.5 Å². The number of hydrogen-bond donors (Lipinski definition) is 0. The molecule has 0 saturated carbocycles. The first-order chi connectivity index (χ1) is 6.27. The van der Waals surface area contributed by atoms with Crippen LogP contribution < -0.4 is 0 Å². The Kier molecular flexibility index (Phi) is 4.43. The van der Waals surface area contributed by atoms with Crippen LogP contribution in [0.25, 0.3) is 0 Å². The predicted octanol–water partition coefficient (Wildman–Crippen LogP) is 2.23. The topological polar surface area (TPSA) is 20.3 Å². The molecule has 0 aromatic rings. The van der Waals surface area contributed by atoms with Crippen LogP contribution in [-0.4, -0.2) is 29.8 Å². The van der Waals surface area contributed by atoms with Crippen LogP contribution in [0, 0.1) is 0 Å². The SMILES string of the molecule is CCCCN1CC(=O)CCC1CC. The van der Waals surface area contributed by atoms with Gasteiger partial charge in [-0.1, -0.05) is 20.3 Å². The number of rotatable bonds is 4. The molecule has 0 N–H and O–H groups in total. The number of carbonyl (C=O) groups is 1. The van der Waals surface area contributed by atoms with E-state index < -0.39 is 0 Å². The Morgan fingerprint density at radius 1 is 1.46 bits per heavy atom. The second kappa shape index (κ2) is 5.38. The zero-order valence-electron chi connectivity index (χ0n) is 8.88. The van der Waals surface area contributed by atoms with Crippen molar-refractivity contribution in [1.82, 2.24) is 4.90 Å². The molecule has 0 bridgehead atoms. The summed E-state index contributed by atoms with van der Waals surface area (Å²) in [7, 11) is 0. The summed E-state index contributed by atoms with van der Waals surface area (Å²) < 4.78 is 0. The minimum Gasteiger partial charge on any atom is -0.298 e. The number of Topliss-reactive ketones (excluding diaryl/α,β-unsaturated/α-hetero) is 1. The Morgan fingerprint density at radius 2 is 2.23 bits per heavy atom. The Balaban J connectivity index is 2.39. The van der Waals surface area contributed by atoms with E-state index >= 15 is 0 Å². The zero-order valence-corrected chi connectivity index (χ0v) is 8.88. The van der Waals surface area contributed by atoms with E-state index in [1.54, 1.807) is 0 Å². The van der Waals surface area contributed by atoms with Crippen molar-refractivity contribution in [3.63, 3.8) is 0 Å². The van der Waals surface area contributed by atoms with Gasteiger partial charge in [0.15, 0.2) is 0 Å². The maximum Gasteiger partial charge on any atom is 0.146 e. The average molecular weight is 183 g/mol. The molecule has 0 amide bonds. The Hall–Kier alpha value is -0.370. The van der Waals surface area contributed by atoms with Gasteiger partial charge < -0.3 is 0 Å². The Labute approximate surface area is 81.3 Å². The third kappa shape index (κ3) is 3.11. The molecule has 1 heterocycles. The summed E-state index contributed by atoms with van der Waals surface area (Å²) in [6.07, 6.45) is 5.53. The number of nitrogens with zero attached hydrogens (tertiary/aromatic N) is 1. The normalized spacial score (nSPS) is 25.1. The minimum atomic E-state index is 0.431. The summed E-state index contributed by atoms with van der Waals surface area (Å²) in [6, 6.07) is 0.671. The zero-order chi connectivity index (χ0) is 9.68. The van der Waals surface area contributed by atoms with Crippen molar-refractivity contribution in [3.8, 4) is 0 Å². The number of likely N-dealkylation sites (tertiary alicyclic amines) is 1. The van der Waals surface area contributed by atoms with Crippen molar-refractivity contribution < 1.29 is 4.79 Å². The van der Waals surface area contributed by atoms with Crippen LogP contribution in [0.1, 0.15) is 46.0 Å². The van der Waals surface area contributed by atoms with E-state index in [-0.39, 0.29) is 0 Å². The number of unbranched alkanes of at least 4 members (excludes halogenated alkanes) is 1. The van der Waals surface area contributed by atoms with E-state index in [1.165, 1.54) is 19.3 Å². The van der Waals surface area contributed by atoms with Crippen LogP contribution in [0.4, 0.5) is 0 Å². The van der Waals surface area contributed by atoms with Gasteiger partial charge in [0.05, 0.1) is 6.54 Å². The number of hydrogen-bond acceptors (Lipinski definition) is 2. The van der Waals surface area contributed by atoms with Gasteiger partial charge in [-0.25, -0.2) is 0 Å². The van der Waals surface area contributed by atoms with Crippen LogP contribution >= 0.6 is 0 Å². The van der Waals surface area contributed by atoms with Gasteiger partial charge >= 0.3 is 0 Å². The maximum absolute atomic E-state index is 11.3. The largest absolute Gasteiger partial charge is 0.298 e. The molecule has 0 radical (unpaired) electrons. The smallest absolute Gasteiger partial charge is 0.146 e. The van der Waals surface area contributed by atoms with Gasteiger partial charge in [-0.15, -0.1) is 0 Å². The van der Waals surface area contributed by atoms with Crippen LogP contribution in [-0.2, 0) is 4.79 Å². The van der Waals surface area contributed by atoms with Crippen LogP contribution in [0.5, 0.6) is 0 Å². The summed E-state index contributed by atoms with van der Waals surface area (Å²) >= 11 is 0. The fraction of sp³-hybridized carbons (Fsp3) is 0.909. The van der Waals surface area contributed by atoms with Gasteiger partial charge in [0.25, 0.3) is 0 Å². The summed E-state index contributed by atoms with van der Waals surface area (Å²) in [5, 5.41) is 0. The van der Waals surface area contributed by atoms with Crippen molar-refractivity contribution >= 4 is 5.78 Å². The van der Waals surface area contributed by atoms with Crippen molar-refractivity contribution in [2.45, 2.75) is 52.0 Å². The summed E-state index contributed by atoms with van der Waals surface area (Å²) in [5.41, 5.74) is 0. The summed E-state index contributed by atoms with van der Waals surface area (Å²) in [4.78, 5) is 13.6. The van der Waals surface area contributed by atoms with E-state index in [2.05, 4.69) is 18.7 Å². The molecule has 76 valence electrons. The van der Waals surface area contributed by atoms with Gasteiger partial charge in [0.1, 0.15) is 5.78 Å². The van der Waals surface area contributed by atoms with Crippen molar-refractivity contribution in [2.24, 2.45) is 0 Å². The molecule has 2 nitrogen and oxygen atoms in total. The first-order valence-corrected chi connectivity index (χ1v) is 5.53. The number of carbonyl (C=O) groups excluding carboxylic acids is 1. The van der Waals surface area contributed by atoms with Gasteiger partial charge in [-0.3, -0.25) is 9.69 Å². The fourth-order valence-corrected chi connectivity index (χ4v) is 2.03. The van der Waals surface area contributed by atoms with Crippen molar-refractivity contribution in [2.75, 3.05) is 13.1 Å². The first kappa shape index (κ1) is 10.7. The highest BCUT2D eigenvalue weighted by molar-refractivity contribution is 5.81. The molecular weight excluding hydrogens is 162 g/mol. The number of piperidine rings is 1. The summed E-state index contributed by atoms with van der Waals surface area (Å²) in [5.74, 6) is 0.431. The Bertz CT molecular complexity index is 167. The number of ketones is 1.